The molecule has 0 aliphatic rings. The summed E-state index contributed by atoms with van der Waals surface area (Å²) in [5.74, 6) is -1.66. The summed E-state index contributed by atoms with van der Waals surface area (Å²) in [5, 5.41) is 16.8. The van der Waals surface area contributed by atoms with Crippen molar-refractivity contribution in [3.8, 4) is 0 Å². The van der Waals surface area contributed by atoms with Crippen molar-refractivity contribution in [2.24, 2.45) is 0 Å². The Hall–Kier alpha value is -0.580. The molecule has 0 aromatic rings. The highest BCUT2D eigenvalue weighted by Gasteiger charge is 2.11. The van der Waals surface area contributed by atoms with E-state index in [9.17, 15) is 9.59 Å². The minimum atomic E-state index is -0.863. The molecule has 0 spiro atoms. The van der Waals surface area contributed by atoms with Crippen LogP contribution < -0.4 is 0 Å². The molecule has 0 amide bonds. The molecule has 1 atom stereocenters. The van der Waals surface area contributed by atoms with E-state index in [-0.39, 0.29) is 6.42 Å². The summed E-state index contributed by atoms with van der Waals surface area (Å²) in [6, 6.07) is 0. The molecule has 0 saturated heterocycles. The van der Waals surface area contributed by atoms with Gasteiger partial charge in [0.15, 0.2) is 0 Å². The van der Waals surface area contributed by atoms with E-state index in [4.69, 9.17) is 10.2 Å². The van der Waals surface area contributed by atoms with Crippen molar-refractivity contribution in [2.75, 3.05) is 0 Å². The topological polar surface area (TPSA) is 74.6 Å². The van der Waals surface area contributed by atoms with E-state index in [1.165, 1.54) is 0 Å². The van der Waals surface area contributed by atoms with Gasteiger partial charge in [0.25, 0.3) is 0 Å². The van der Waals surface area contributed by atoms with Crippen LogP contribution in [-0.2, 0) is 9.59 Å². The molecule has 0 rings (SSSR count). The van der Waals surface area contributed by atoms with E-state index in [1.54, 1.807) is 0 Å². The van der Waals surface area contributed by atoms with Gasteiger partial charge in [-0.3, -0.25) is 9.59 Å². The molecule has 0 fully saturated rings. The highest BCUT2D eigenvalue weighted by Crippen LogP contribution is 2.11. The lowest BCUT2D eigenvalue weighted by atomic mass is 10.1. The normalized spacial score (nSPS) is 12.4. The minimum Gasteiger partial charge on any atom is -0.481 e. The average Bonchev–Trinajstić information content (AvgIpc) is 2.02. The Balaban J connectivity index is 3.26. The summed E-state index contributed by atoms with van der Waals surface area (Å²) in [7, 11) is 0. The maximum atomic E-state index is 10.3. The molecule has 0 heterocycles. The fourth-order valence-corrected chi connectivity index (χ4v) is 1.22. The van der Waals surface area contributed by atoms with Gasteiger partial charge in [-0.05, 0) is 12.8 Å². The second-order valence-corrected chi connectivity index (χ2v) is 3.90. The molecule has 0 bridgehead atoms. The summed E-state index contributed by atoms with van der Waals surface area (Å²) in [6.07, 6.45) is 2.85. The van der Waals surface area contributed by atoms with Crippen molar-refractivity contribution < 1.29 is 19.8 Å². The van der Waals surface area contributed by atoms with E-state index in [1.807, 2.05) is 0 Å². The molecule has 0 aromatic carbocycles. The third-order valence-electron chi connectivity index (χ3n) is 1.62. The van der Waals surface area contributed by atoms with Crippen molar-refractivity contribution in [3.63, 3.8) is 0 Å². The smallest absolute Gasteiger partial charge is 0.317 e. The Labute approximate surface area is 85.1 Å². The second kappa shape index (κ2) is 6.88. The Kier molecular flexibility index (Phi) is 6.58. The molecule has 0 radical (unpaired) electrons. The maximum absolute atomic E-state index is 10.3. The molecule has 5 heteroatoms. The fourth-order valence-electron chi connectivity index (χ4n) is 0.900. The summed E-state index contributed by atoms with van der Waals surface area (Å²) >= 11 is 3.01. The van der Waals surface area contributed by atoms with Gasteiger partial charge in [-0.1, -0.05) is 28.8 Å². The zero-order chi connectivity index (χ0) is 10.3. The van der Waals surface area contributed by atoms with E-state index >= 15 is 0 Å². The number of carbonyl (C=O) groups is 2. The Morgan fingerprint density at radius 2 is 1.77 bits per heavy atom. The molecule has 0 aliphatic carbocycles. The number of alkyl halides is 1. The highest BCUT2D eigenvalue weighted by molar-refractivity contribution is 9.10. The van der Waals surface area contributed by atoms with E-state index in [0.717, 1.165) is 12.8 Å². The van der Waals surface area contributed by atoms with Crippen molar-refractivity contribution >= 4 is 27.9 Å². The first-order valence-electron chi connectivity index (χ1n) is 4.12. The molecule has 0 saturated carbocycles. The lowest BCUT2D eigenvalue weighted by Gasteiger charge is -2.02. The summed E-state index contributed by atoms with van der Waals surface area (Å²) in [6.45, 7) is 0. The van der Waals surface area contributed by atoms with Gasteiger partial charge >= 0.3 is 11.9 Å². The van der Waals surface area contributed by atoms with Crippen LogP contribution in [0.25, 0.3) is 0 Å². The van der Waals surface area contributed by atoms with Crippen LogP contribution in [0.5, 0.6) is 0 Å². The first kappa shape index (κ1) is 12.4. The second-order valence-electron chi connectivity index (χ2n) is 2.80. The number of rotatable bonds is 7. The zero-order valence-corrected chi connectivity index (χ0v) is 8.79. The Bertz CT molecular complexity index is 181. The van der Waals surface area contributed by atoms with Gasteiger partial charge in [0.05, 0.1) is 0 Å². The number of carboxylic acid groups (broad SMARTS) is 2. The molecule has 2 N–H and O–H groups in total. The van der Waals surface area contributed by atoms with E-state index in [2.05, 4.69) is 15.9 Å². The van der Waals surface area contributed by atoms with Crippen LogP contribution in [0.3, 0.4) is 0 Å². The summed E-state index contributed by atoms with van der Waals surface area (Å²) in [4.78, 5) is 19.9. The highest BCUT2D eigenvalue weighted by atomic mass is 79.9. The minimum absolute atomic E-state index is 0.167. The number of aliphatic carboxylic acids is 2. The van der Waals surface area contributed by atoms with Gasteiger partial charge in [-0.15, -0.1) is 0 Å². The van der Waals surface area contributed by atoms with Crippen LogP contribution in [0, 0.1) is 0 Å². The van der Waals surface area contributed by atoms with Crippen molar-refractivity contribution in [3.05, 3.63) is 0 Å². The maximum Gasteiger partial charge on any atom is 0.317 e. The van der Waals surface area contributed by atoms with Gasteiger partial charge < -0.3 is 10.2 Å². The van der Waals surface area contributed by atoms with Gasteiger partial charge in [0.1, 0.15) is 4.83 Å². The molecular weight excluding hydrogens is 240 g/mol. The zero-order valence-electron chi connectivity index (χ0n) is 7.20. The number of hydrogen-bond acceptors (Lipinski definition) is 2. The molecule has 0 aliphatic heterocycles. The predicted molar refractivity (Wildman–Crippen MR) is 51.1 cm³/mol. The van der Waals surface area contributed by atoms with Crippen molar-refractivity contribution in [1.82, 2.24) is 0 Å². The Morgan fingerprint density at radius 1 is 1.15 bits per heavy atom. The standard InChI is InChI=1S/C8H13BrO4/c9-6(8(12)13)4-2-1-3-5-7(10)11/h6H,1-5H2,(H,10,11)(H,12,13). The van der Waals surface area contributed by atoms with Crippen LogP contribution in [-0.4, -0.2) is 27.0 Å². The van der Waals surface area contributed by atoms with Gasteiger partial charge in [-0.25, -0.2) is 0 Å². The summed E-state index contributed by atoms with van der Waals surface area (Å²) < 4.78 is 0. The van der Waals surface area contributed by atoms with Crippen molar-refractivity contribution in [1.29, 1.82) is 0 Å². The monoisotopic (exact) mass is 252 g/mol. The predicted octanol–water partition coefficient (Wildman–Crippen LogP) is 1.87. The molecule has 13 heavy (non-hydrogen) atoms. The molecule has 4 nitrogen and oxygen atoms in total. The number of hydrogen-bond donors (Lipinski definition) is 2. The van der Waals surface area contributed by atoms with Gasteiger partial charge in [-0.2, -0.15) is 0 Å². The number of carboxylic acids is 2. The quantitative estimate of drug-likeness (QED) is 0.536. The van der Waals surface area contributed by atoms with Gasteiger partial charge in [0.2, 0.25) is 0 Å². The lowest BCUT2D eigenvalue weighted by molar-refractivity contribution is -0.138. The van der Waals surface area contributed by atoms with Crippen LogP contribution in [0.4, 0.5) is 0 Å². The Morgan fingerprint density at radius 3 is 2.23 bits per heavy atom. The van der Waals surface area contributed by atoms with Crippen molar-refractivity contribution in [2.45, 2.75) is 36.9 Å². The van der Waals surface area contributed by atoms with Gasteiger partial charge in [0, 0.05) is 6.42 Å². The van der Waals surface area contributed by atoms with E-state index < -0.39 is 16.8 Å². The average molecular weight is 253 g/mol. The SMILES string of the molecule is O=C(O)CCCCCC(Br)C(=O)O. The number of unbranched alkanes of at least 4 members (excludes halogenated alkanes) is 2. The molecular formula is C8H13BrO4. The fraction of sp³-hybridized carbons (Fsp3) is 0.750. The van der Waals surface area contributed by atoms with Crippen LogP contribution in [0.2, 0.25) is 0 Å². The first-order valence-corrected chi connectivity index (χ1v) is 5.04. The van der Waals surface area contributed by atoms with E-state index in [0.29, 0.717) is 12.8 Å². The molecule has 0 aromatic heterocycles. The molecule has 76 valence electrons. The van der Waals surface area contributed by atoms with Crippen LogP contribution in [0.15, 0.2) is 0 Å². The lowest BCUT2D eigenvalue weighted by Crippen LogP contribution is -2.11. The third kappa shape index (κ3) is 7.77. The third-order valence-corrected chi connectivity index (χ3v) is 2.47. The first-order chi connectivity index (χ1) is 6.04. The molecule has 1 unspecified atom stereocenters. The van der Waals surface area contributed by atoms with Crippen LogP contribution in [0.1, 0.15) is 32.1 Å². The summed E-state index contributed by atoms with van der Waals surface area (Å²) in [5.41, 5.74) is 0. The number of halogens is 1. The largest absolute Gasteiger partial charge is 0.481 e. The van der Waals surface area contributed by atoms with Crippen LogP contribution >= 0.6 is 15.9 Å².